The van der Waals surface area contributed by atoms with Crippen molar-refractivity contribution in [2.24, 2.45) is 0 Å². The summed E-state index contributed by atoms with van der Waals surface area (Å²) in [5.41, 5.74) is 0.460. The van der Waals surface area contributed by atoms with Crippen molar-refractivity contribution in [1.82, 2.24) is 0 Å². The highest BCUT2D eigenvalue weighted by Crippen LogP contribution is 2.14. The van der Waals surface area contributed by atoms with Gasteiger partial charge in [0.15, 0.2) is 12.4 Å². The van der Waals surface area contributed by atoms with E-state index in [0.29, 0.717) is 11.3 Å². The molecule has 0 saturated heterocycles. The highest BCUT2D eigenvalue weighted by molar-refractivity contribution is 5.99. The van der Waals surface area contributed by atoms with Crippen LogP contribution in [0.15, 0.2) is 54.6 Å². The average Bonchev–Trinajstić information content (AvgIpc) is 2.58. The Balaban J connectivity index is 1.95. The molecule has 0 heterocycles. The van der Waals surface area contributed by atoms with Gasteiger partial charge in [-0.25, -0.2) is 9.59 Å². The topological polar surface area (TPSA) is 81.7 Å². The first-order valence-corrected chi connectivity index (χ1v) is 8.10. The Morgan fingerprint density at radius 2 is 1.58 bits per heavy atom. The van der Waals surface area contributed by atoms with Crippen molar-refractivity contribution in [3.8, 4) is 0 Å². The summed E-state index contributed by atoms with van der Waals surface area (Å²) in [6, 6.07) is 14.8. The number of hydrogen-bond donors (Lipinski definition) is 1. The molecule has 0 aliphatic carbocycles. The van der Waals surface area contributed by atoms with Gasteiger partial charge < -0.3 is 9.47 Å². The molecule has 0 fully saturated rings. The molecule has 136 valence electrons. The number of carbonyl (C=O) groups excluding carboxylic acids is 3. The molecule has 0 aliphatic heterocycles. The summed E-state index contributed by atoms with van der Waals surface area (Å²) in [6.45, 7) is 4.91. The summed E-state index contributed by atoms with van der Waals surface area (Å²) >= 11 is 0. The van der Waals surface area contributed by atoms with Crippen LogP contribution in [-0.4, -0.2) is 30.1 Å². The Morgan fingerprint density at radius 3 is 2.23 bits per heavy atom. The lowest BCUT2D eigenvalue weighted by Crippen LogP contribution is -2.27. The molecule has 6 heteroatoms. The van der Waals surface area contributed by atoms with E-state index < -0.39 is 17.7 Å². The first kappa shape index (κ1) is 19.2. The fourth-order valence-corrected chi connectivity index (χ4v) is 2.07. The molecule has 0 unspecified atom stereocenters. The van der Waals surface area contributed by atoms with Crippen LogP contribution in [0.5, 0.6) is 0 Å². The van der Waals surface area contributed by atoms with Crippen LogP contribution in [0, 0.1) is 0 Å². The SMILES string of the molecule is CC(C)(C)OC(=O)Nc1cccc(C(=O)OCC(=O)c2ccccc2)c1. The lowest BCUT2D eigenvalue weighted by atomic mass is 10.1. The molecule has 6 nitrogen and oxygen atoms in total. The second-order valence-electron chi connectivity index (χ2n) is 6.57. The Labute approximate surface area is 152 Å². The van der Waals surface area contributed by atoms with Gasteiger partial charge in [-0.2, -0.15) is 0 Å². The van der Waals surface area contributed by atoms with Crippen molar-refractivity contribution in [3.05, 3.63) is 65.7 Å². The van der Waals surface area contributed by atoms with E-state index in [1.54, 1.807) is 63.2 Å². The zero-order chi connectivity index (χ0) is 19.2. The van der Waals surface area contributed by atoms with Crippen LogP contribution in [0.4, 0.5) is 10.5 Å². The first-order valence-electron chi connectivity index (χ1n) is 8.10. The van der Waals surface area contributed by atoms with Crippen molar-refractivity contribution in [2.75, 3.05) is 11.9 Å². The third-order valence-electron chi connectivity index (χ3n) is 3.17. The van der Waals surface area contributed by atoms with Crippen LogP contribution >= 0.6 is 0 Å². The Kier molecular flexibility index (Phi) is 6.11. The maximum atomic E-state index is 12.1. The normalized spacial score (nSPS) is 10.7. The lowest BCUT2D eigenvalue weighted by molar-refractivity contribution is 0.0474. The summed E-state index contributed by atoms with van der Waals surface area (Å²) in [6.07, 6.45) is -0.623. The molecule has 0 aromatic heterocycles. The van der Waals surface area contributed by atoms with Crippen molar-refractivity contribution in [1.29, 1.82) is 0 Å². The van der Waals surface area contributed by atoms with E-state index in [9.17, 15) is 14.4 Å². The van der Waals surface area contributed by atoms with Crippen LogP contribution in [-0.2, 0) is 9.47 Å². The molecule has 0 saturated carbocycles. The number of ketones is 1. The molecule has 0 atom stereocenters. The number of benzene rings is 2. The number of esters is 1. The maximum absolute atomic E-state index is 12.1. The largest absolute Gasteiger partial charge is 0.454 e. The fraction of sp³-hybridized carbons (Fsp3) is 0.250. The number of nitrogens with one attached hydrogen (secondary N) is 1. The highest BCUT2D eigenvalue weighted by atomic mass is 16.6. The molecule has 26 heavy (non-hydrogen) atoms. The Hall–Kier alpha value is -3.15. The van der Waals surface area contributed by atoms with E-state index in [2.05, 4.69) is 5.32 Å². The van der Waals surface area contributed by atoms with Gasteiger partial charge in [0, 0.05) is 11.3 Å². The molecular weight excluding hydrogens is 334 g/mol. The van der Waals surface area contributed by atoms with Crippen molar-refractivity contribution < 1.29 is 23.9 Å². The smallest absolute Gasteiger partial charge is 0.412 e. The van der Waals surface area contributed by atoms with Gasteiger partial charge in [-0.15, -0.1) is 0 Å². The van der Waals surface area contributed by atoms with E-state index >= 15 is 0 Å². The number of carbonyl (C=O) groups is 3. The quantitative estimate of drug-likeness (QED) is 0.646. The minimum Gasteiger partial charge on any atom is -0.454 e. The summed E-state index contributed by atoms with van der Waals surface area (Å²) in [5, 5.41) is 2.55. The Morgan fingerprint density at radius 1 is 0.923 bits per heavy atom. The number of Topliss-reactive ketones (excluding diaryl/α,β-unsaturated/α-hetero) is 1. The van der Waals surface area contributed by atoms with Crippen molar-refractivity contribution in [3.63, 3.8) is 0 Å². The van der Waals surface area contributed by atoms with Gasteiger partial charge in [0.25, 0.3) is 0 Å². The predicted octanol–water partition coefficient (Wildman–Crippen LogP) is 4.07. The molecule has 0 radical (unpaired) electrons. The second kappa shape index (κ2) is 8.29. The minimum atomic E-state index is -0.651. The number of amides is 1. The van der Waals surface area contributed by atoms with Gasteiger partial charge in [0.2, 0.25) is 0 Å². The summed E-state index contributed by atoms with van der Waals surface area (Å²) in [7, 11) is 0. The molecule has 2 rings (SSSR count). The predicted molar refractivity (Wildman–Crippen MR) is 97.4 cm³/mol. The van der Waals surface area contributed by atoms with Gasteiger partial charge >= 0.3 is 12.1 Å². The van der Waals surface area contributed by atoms with Crippen molar-refractivity contribution >= 4 is 23.5 Å². The monoisotopic (exact) mass is 355 g/mol. The summed E-state index contributed by atoms with van der Waals surface area (Å²) in [4.78, 5) is 35.9. The minimum absolute atomic E-state index is 0.222. The fourth-order valence-electron chi connectivity index (χ4n) is 2.07. The molecule has 1 N–H and O–H groups in total. The zero-order valence-corrected chi connectivity index (χ0v) is 14.9. The molecule has 0 aliphatic rings. The van der Waals surface area contributed by atoms with E-state index in [4.69, 9.17) is 9.47 Å². The van der Waals surface area contributed by atoms with E-state index in [1.165, 1.54) is 12.1 Å². The first-order chi connectivity index (χ1) is 12.2. The summed E-state index contributed by atoms with van der Waals surface area (Å²) in [5.74, 6) is -0.941. The highest BCUT2D eigenvalue weighted by Gasteiger charge is 2.17. The van der Waals surface area contributed by atoms with Crippen molar-refractivity contribution in [2.45, 2.75) is 26.4 Å². The molecular formula is C20H21NO5. The van der Waals surface area contributed by atoms with Gasteiger partial charge in [0.1, 0.15) is 5.60 Å². The lowest BCUT2D eigenvalue weighted by Gasteiger charge is -2.19. The standard InChI is InChI=1S/C20H21NO5/c1-20(2,3)26-19(24)21-16-11-7-10-15(12-16)18(23)25-13-17(22)14-8-5-4-6-9-14/h4-12H,13H2,1-3H3,(H,21,24). The number of ether oxygens (including phenoxy) is 2. The molecule has 0 spiro atoms. The van der Waals surface area contributed by atoms with E-state index in [0.717, 1.165) is 0 Å². The van der Waals surface area contributed by atoms with Gasteiger partial charge in [-0.05, 0) is 39.0 Å². The Bertz CT molecular complexity index is 793. The summed E-state index contributed by atoms with van der Waals surface area (Å²) < 4.78 is 10.2. The van der Waals surface area contributed by atoms with Crippen LogP contribution in [0.2, 0.25) is 0 Å². The number of anilines is 1. The van der Waals surface area contributed by atoms with Crippen LogP contribution in [0.25, 0.3) is 0 Å². The van der Waals surface area contributed by atoms with Gasteiger partial charge in [-0.3, -0.25) is 10.1 Å². The zero-order valence-electron chi connectivity index (χ0n) is 14.9. The molecule has 2 aromatic carbocycles. The molecule has 1 amide bonds. The molecule has 0 bridgehead atoms. The van der Waals surface area contributed by atoms with Gasteiger partial charge in [-0.1, -0.05) is 36.4 Å². The average molecular weight is 355 g/mol. The maximum Gasteiger partial charge on any atom is 0.412 e. The second-order valence-corrected chi connectivity index (χ2v) is 6.57. The van der Waals surface area contributed by atoms with Crippen LogP contribution < -0.4 is 5.32 Å². The van der Waals surface area contributed by atoms with E-state index in [1.807, 2.05) is 0 Å². The van der Waals surface area contributed by atoms with E-state index in [-0.39, 0.29) is 18.0 Å². The van der Waals surface area contributed by atoms with Gasteiger partial charge in [0.05, 0.1) is 5.56 Å². The van der Waals surface area contributed by atoms with Crippen LogP contribution in [0.3, 0.4) is 0 Å². The third-order valence-corrected chi connectivity index (χ3v) is 3.17. The number of rotatable bonds is 5. The molecule has 2 aromatic rings. The van der Waals surface area contributed by atoms with Crippen LogP contribution in [0.1, 0.15) is 41.5 Å². The third kappa shape index (κ3) is 6.05. The number of hydrogen-bond acceptors (Lipinski definition) is 5.